The summed E-state index contributed by atoms with van der Waals surface area (Å²) in [5.74, 6) is -1.01. The molecular formula is C20H25Cl2N3O3. The van der Waals surface area contributed by atoms with Crippen molar-refractivity contribution in [1.82, 2.24) is 15.1 Å². The summed E-state index contributed by atoms with van der Waals surface area (Å²) in [5, 5.41) is 18.5. The number of aromatic carboxylic acids is 1. The number of nitrogens with one attached hydrogen (secondary N) is 1. The number of nitrogens with zero attached hydrogens (tertiary/aromatic N) is 2. The second-order valence-corrected chi connectivity index (χ2v) is 8.90. The van der Waals surface area contributed by atoms with E-state index in [0.29, 0.717) is 29.7 Å². The van der Waals surface area contributed by atoms with E-state index in [2.05, 4.69) is 10.4 Å². The summed E-state index contributed by atoms with van der Waals surface area (Å²) in [6, 6.07) is 7.13. The first-order chi connectivity index (χ1) is 13.2. The highest BCUT2D eigenvalue weighted by atomic mass is 35.5. The van der Waals surface area contributed by atoms with Crippen molar-refractivity contribution in [2.24, 2.45) is 5.92 Å². The Bertz CT molecular complexity index is 861. The van der Waals surface area contributed by atoms with Crippen molar-refractivity contribution in [3.63, 3.8) is 0 Å². The molecule has 2 aromatic rings. The lowest BCUT2D eigenvalue weighted by atomic mass is 9.92. The third-order valence-electron chi connectivity index (χ3n) is 4.86. The quantitative estimate of drug-likeness (QED) is 0.768. The third kappa shape index (κ3) is 4.69. The highest BCUT2D eigenvalue weighted by Gasteiger charge is 2.30. The molecule has 0 spiro atoms. The van der Waals surface area contributed by atoms with E-state index in [1.165, 1.54) is 0 Å². The predicted octanol–water partition coefficient (Wildman–Crippen LogP) is 4.16. The molecule has 8 heteroatoms. The van der Waals surface area contributed by atoms with Gasteiger partial charge >= 0.3 is 5.97 Å². The van der Waals surface area contributed by atoms with E-state index >= 15 is 0 Å². The number of hydrogen-bond donors (Lipinski definition) is 2. The molecule has 28 heavy (non-hydrogen) atoms. The summed E-state index contributed by atoms with van der Waals surface area (Å²) in [4.78, 5) is 11.8. The Morgan fingerprint density at radius 1 is 1.32 bits per heavy atom. The molecule has 2 atom stereocenters. The molecule has 0 aliphatic carbocycles. The first-order valence-corrected chi connectivity index (χ1v) is 10.0. The molecule has 1 saturated heterocycles. The van der Waals surface area contributed by atoms with Crippen molar-refractivity contribution < 1.29 is 14.6 Å². The van der Waals surface area contributed by atoms with E-state index < -0.39 is 5.97 Å². The molecule has 3 rings (SSSR count). The van der Waals surface area contributed by atoms with E-state index in [4.69, 9.17) is 27.9 Å². The summed E-state index contributed by atoms with van der Waals surface area (Å²) in [6.45, 7) is 8.41. The molecule has 0 radical (unpaired) electrons. The highest BCUT2D eigenvalue weighted by molar-refractivity contribution is 6.42. The zero-order chi connectivity index (χ0) is 20.5. The van der Waals surface area contributed by atoms with Gasteiger partial charge in [0.05, 0.1) is 28.5 Å². The first kappa shape index (κ1) is 21.1. The second-order valence-electron chi connectivity index (χ2n) is 8.08. The Kier molecular flexibility index (Phi) is 6.34. The van der Waals surface area contributed by atoms with E-state index in [1.54, 1.807) is 16.8 Å². The summed E-state index contributed by atoms with van der Waals surface area (Å²) >= 11 is 12.3. The zero-order valence-electron chi connectivity index (χ0n) is 16.2. The van der Waals surface area contributed by atoms with Crippen LogP contribution in [-0.2, 0) is 16.7 Å². The number of carboxylic acid groups (broad SMARTS) is 1. The molecule has 152 valence electrons. The molecule has 1 aromatic carbocycles. The number of halogens is 2. The molecule has 1 aliphatic rings. The van der Waals surface area contributed by atoms with Gasteiger partial charge in [-0.1, -0.05) is 50.0 Å². The van der Waals surface area contributed by atoms with Crippen LogP contribution in [0.25, 0.3) is 0 Å². The van der Waals surface area contributed by atoms with Crippen LogP contribution in [-0.4, -0.2) is 40.6 Å². The monoisotopic (exact) mass is 425 g/mol. The Labute approximate surface area is 174 Å². The van der Waals surface area contributed by atoms with Gasteiger partial charge in [-0.15, -0.1) is 0 Å². The minimum Gasteiger partial charge on any atom is -0.477 e. The van der Waals surface area contributed by atoms with Gasteiger partial charge in [0.1, 0.15) is 5.69 Å². The van der Waals surface area contributed by atoms with E-state index in [0.717, 1.165) is 17.8 Å². The van der Waals surface area contributed by atoms with Gasteiger partial charge in [-0.3, -0.25) is 4.68 Å². The Hall–Kier alpha value is -1.60. The van der Waals surface area contributed by atoms with Gasteiger partial charge in [0, 0.05) is 31.0 Å². The molecule has 0 unspecified atom stereocenters. The minimum atomic E-state index is -0.989. The standard InChI is InChI=1S/C20H25Cl2N3O3/c1-20(2,3)17-9-16(19(26)27)25(24-17)11-13-10-23-6-7-28-18(13)12-4-5-14(21)15(22)8-12/h4-5,8-9,13,18,23H,6-7,10-11H2,1-3H3,(H,26,27)/t13-,18-/m0/s1. The van der Waals surface area contributed by atoms with E-state index in [9.17, 15) is 9.90 Å². The number of ether oxygens (including phenoxy) is 1. The van der Waals surface area contributed by atoms with Crippen LogP contribution in [0.4, 0.5) is 0 Å². The second kappa shape index (κ2) is 8.41. The topological polar surface area (TPSA) is 76.4 Å². The molecule has 0 bridgehead atoms. The third-order valence-corrected chi connectivity index (χ3v) is 5.60. The molecule has 1 aliphatic heterocycles. The average molecular weight is 426 g/mol. The van der Waals surface area contributed by atoms with Crippen molar-refractivity contribution in [3.05, 3.63) is 51.3 Å². The summed E-state index contributed by atoms with van der Waals surface area (Å²) in [6.07, 6.45) is -0.242. The van der Waals surface area contributed by atoms with Gasteiger partial charge in [-0.2, -0.15) is 5.10 Å². The Morgan fingerprint density at radius 3 is 2.71 bits per heavy atom. The molecule has 0 amide bonds. The molecule has 1 aromatic heterocycles. The normalized spacial score (nSPS) is 20.8. The van der Waals surface area contributed by atoms with Crippen molar-refractivity contribution in [2.45, 2.75) is 38.8 Å². The number of benzene rings is 1. The van der Waals surface area contributed by atoms with Gasteiger partial charge in [0.2, 0.25) is 0 Å². The smallest absolute Gasteiger partial charge is 0.354 e. The van der Waals surface area contributed by atoms with Crippen LogP contribution >= 0.6 is 23.2 Å². The van der Waals surface area contributed by atoms with Crippen LogP contribution in [0.2, 0.25) is 10.0 Å². The summed E-state index contributed by atoms with van der Waals surface area (Å²) < 4.78 is 7.67. The maximum absolute atomic E-state index is 11.8. The largest absolute Gasteiger partial charge is 0.477 e. The number of carbonyl (C=O) groups is 1. The lowest BCUT2D eigenvalue weighted by Crippen LogP contribution is -2.29. The van der Waals surface area contributed by atoms with Gasteiger partial charge in [-0.05, 0) is 23.8 Å². The van der Waals surface area contributed by atoms with Crippen LogP contribution in [0.3, 0.4) is 0 Å². The first-order valence-electron chi connectivity index (χ1n) is 9.25. The minimum absolute atomic E-state index is 0.0226. The average Bonchev–Trinajstić information content (AvgIpc) is 2.91. The van der Waals surface area contributed by atoms with E-state index in [1.807, 2.05) is 32.9 Å². The van der Waals surface area contributed by atoms with Crippen LogP contribution in [0.15, 0.2) is 24.3 Å². The fourth-order valence-corrected chi connectivity index (χ4v) is 3.63. The molecular weight excluding hydrogens is 401 g/mol. The molecule has 2 heterocycles. The lowest BCUT2D eigenvalue weighted by Gasteiger charge is -2.26. The van der Waals surface area contributed by atoms with Crippen molar-refractivity contribution in [3.8, 4) is 0 Å². The van der Waals surface area contributed by atoms with E-state index in [-0.39, 0.29) is 23.1 Å². The molecule has 6 nitrogen and oxygen atoms in total. The van der Waals surface area contributed by atoms with Crippen molar-refractivity contribution in [2.75, 3.05) is 19.7 Å². The summed E-state index contributed by atoms with van der Waals surface area (Å²) in [7, 11) is 0. The van der Waals surface area contributed by atoms with Crippen molar-refractivity contribution >= 4 is 29.2 Å². The number of aromatic nitrogens is 2. The molecule has 0 saturated carbocycles. The fourth-order valence-electron chi connectivity index (χ4n) is 3.32. The Balaban J connectivity index is 1.94. The predicted molar refractivity (Wildman–Crippen MR) is 109 cm³/mol. The van der Waals surface area contributed by atoms with Gasteiger partial charge in [0.15, 0.2) is 0 Å². The van der Waals surface area contributed by atoms with Gasteiger partial charge in [-0.25, -0.2) is 4.79 Å². The Morgan fingerprint density at radius 2 is 2.07 bits per heavy atom. The van der Waals surface area contributed by atoms with Crippen molar-refractivity contribution in [1.29, 1.82) is 0 Å². The maximum Gasteiger partial charge on any atom is 0.354 e. The SMILES string of the molecule is CC(C)(C)c1cc(C(=O)O)n(C[C@@H]2CNCCO[C@H]2c2ccc(Cl)c(Cl)c2)n1. The molecule has 1 fully saturated rings. The fraction of sp³-hybridized carbons (Fsp3) is 0.500. The van der Waals surface area contributed by atoms with Gasteiger partial charge in [0.25, 0.3) is 0 Å². The van der Waals surface area contributed by atoms with Crippen LogP contribution < -0.4 is 5.32 Å². The maximum atomic E-state index is 11.8. The van der Waals surface area contributed by atoms with Crippen LogP contribution in [0.5, 0.6) is 0 Å². The summed E-state index contributed by atoms with van der Waals surface area (Å²) in [5.41, 5.74) is 1.61. The highest BCUT2D eigenvalue weighted by Crippen LogP contribution is 2.33. The van der Waals surface area contributed by atoms with Crippen LogP contribution in [0.1, 0.15) is 48.6 Å². The lowest BCUT2D eigenvalue weighted by molar-refractivity contribution is 0.0236. The molecule has 2 N–H and O–H groups in total. The van der Waals surface area contributed by atoms with Crippen LogP contribution in [0, 0.1) is 5.92 Å². The van der Waals surface area contributed by atoms with Gasteiger partial charge < -0.3 is 15.2 Å². The zero-order valence-corrected chi connectivity index (χ0v) is 17.7. The number of carboxylic acids is 1. The number of rotatable bonds is 4. The number of hydrogen-bond acceptors (Lipinski definition) is 4.